The third kappa shape index (κ3) is 3.49. The maximum absolute atomic E-state index is 11.9. The molecular formula is C16H17N7O2. The van der Waals surface area contributed by atoms with Gasteiger partial charge in [0.05, 0.1) is 11.7 Å². The number of nitrogens with zero attached hydrogens (tertiary/aromatic N) is 6. The van der Waals surface area contributed by atoms with E-state index in [1.165, 1.54) is 0 Å². The molecule has 3 aromatic rings. The molecule has 1 atom stereocenters. The monoisotopic (exact) mass is 339 g/mol. The highest BCUT2D eigenvalue weighted by atomic mass is 16.5. The average Bonchev–Trinajstić information content (AvgIpc) is 3.29. The molecule has 1 aliphatic heterocycles. The zero-order chi connectivity index (χ0) is 17.1. The number of fused-ring (bicyclic) bond motifs is 1. The Kier molecular flexibility index (Phi) is 4.11. The van der Waals surface area contributed by atoms with E-state index in [0.29, 0.717) is 12.2 Å². The first-order chi connectivity index (χ1) is 12.3. The van der Waals surface area contributed by atoms with Crippen molar-refractivity contribution < 1.29 is 9.53 Å². The molecule has 0 aliphatic carbocycles. The molecule has 128 valence electrons. The van der Waals surface area contributed by atoms with Crippen molar-refractivity contribution in [2.75, 3.05) is 18.0 Å². The lowest BCUT2D eigenvalue weighted by Crippen LogP contribution is -2.37. The van der Waals surface area contributed by atoms with Gasteiger partial charge in [0.25, 0.3) is 0 Å². The molecule has 0 radical (unpaired) electrons. The first-order valence-corrected chi connectivity index (χ1v) is 8.03. The zero-order valence-corrected chi connectivity index (χ0v) is 13.4. The molecule has 9 nitrogen and oxygen atoms in total. The van der Waals surface area contributed by atoms with E-state index in [-0.39, 0.29) is 12.6 Å². The van der Waals surface area contributed by atoms with Gasteiger partial charge in [-0.05, 0) is 30.7 Å². The summed E-state index contributed by atoms with van der Waals surface area (Å²) in [6, 6.07) is 9.30. The predicted molar refractivity (Wildman–Crippen MR) is 89.0 cm³/mol. The van der Waals surface area contributed by atoms with Crippen LogP contribution in [0.1, 0.15) is 12.1 Å². The van der Waals surface area contributed by atoms with Crippen LogP contribution in [0.25, 0.3) is 5.65 Å². The second-order valence-electron chi connectivity index (χ2n) is 5.80. The number of carbonyl (C=O) groups excluding carboxylic acids is 1. The molecule has 0 aromatic carbocycles. The van der Waals surface area contributed by atoms with Gasteiger partial charge in [-0.15, -0.1) is 15.3 Å². The molecule has 9 heteroatoms. The van der Waals surface area contributed by atoms with Gasteiger partial charge in [0, 0.05) is 19.3 Å². The van der Waals surface area contributed by atoms with Crippen molar-refractivity contribution in [3.8, 4) is 0 Å². The van der Waals surface area contributed by atoms with Gasteiger partial charge in [-0.1, -0.05) is 6.07 Å². The molecule has 1 unspecified atom stereocenters. The molecule has 0 bridgehead atoms. The number of aromatic nitrogens is 5. The molecular weight excluding hydrogens is 322 g/mol. The Hall–Kier alpha value is -3.23. The smallest absolute Gasteiger partial charge is 0.407 e. The summed E-state index contributed by atoms with van der Waals surface area (Å²) < 4.78 is 6.85. The quantitative estimate of drug-likeness (QED) is 0.758. The Labute approximate surface area is 143 Å². The molecule has 1 fully saturated rings. The Morgan fingerprint density at radius 1 is 1.32 bits per heavy atom. The van der Waals surface area contributed by atoms with Crippen LogP contribution in [-0.2, 0) is 11.3 Å². The maximum atomic E-state index is 11.9. The molecule has 25 heavy (non-hydrogen) atoms. The summed E-state index contributed by atoms with van der Waals surface area (Å²) >= 11 is 0. The first-order valence-electron chi connectivity index (χ1n) is 8.03. The van der Waals surface area contributed by atoms with E-state index < -0.39 is 6.09 Å². The van der Waals surface area contributed by atoms with Crippen molar-refractivity contribution in [1.82, 2.24) is 30.1 Å². The van der Waals surface area contributed by atoms with Crippen LogP contribution in [0.2, 0.25) is 0 Å². The normalized spacial score (nSPS) is 17.0. The molecule has 4 heterocycles. The van der Waals surface area contributed by atoms with Crippen molar-refractivity contribution in [2.45, 2.75) is 19.1 Å². The van der Waals surface area contributed by atoms with Crippen LogP contribution in [0.5, 0.6) is 0 Å². The number of amides is 1. The molecule has 1 N–H and O–H groups in total. The fourth-order valence-corrected chi connectivity index (χ4v) is 2.80. The molecule has 1 saturated heterocycles. The Balaban J connectivity index is 1.30. The third-order valence-electron chi connectivity index (χ3n) is 4.06. The van der Waals surface area contributed by atoms with Crippen LogP contribution in [0.3, 0.4) is 0 Å². The lowest BCUT2D eigenvalue weighted by atomic mass is 10.3. The van der Waals surface area contributed by atoms with Gasteiger partial charge in [-0.3, -0.25) is 4.98 Å². The molecule has 0 spiro atoms. The Morgan fingerprint density at radius 2 is 2.28 bits per heavy atom. The highest BCUT2D eigenvalue weighted by Crippen LogP contribution is 2.18. The highest BCUT2D eigenvalue weighted by molar-refractivity contribution is 5.67. The van der Waals surface area contributed by atoms with Gasteiger partial charge in [0.2, 0.25) is 0 Å². The maximum Gasteiger partial charge on any atom is 0.407 e. The summed E-state index contributed by atoms with van der Waals surface area (Å²) in [7, 11) is 0. The summed E-state index contributed by atoms with van der Waals surface area (Å²) in [5.74, 6) is 0.832. The van der Waals surface area contributed by atoms with Crippen LogP contribution in [0.15, 0.2) is 42.9 Å². The van der Waals surface area contributed by atoms with E-state index in [4.69, 9.17) is 4.74 Å². The second-order valence-corrected chi connectivity index (χ2v) is 5.80. The summed E-state index contributed by atoms with van der Waals surface area (Å²) in [6.45, 7) is 1.65. The van der Waals surface area contributed by atoms with E-state index in [1.54, 1.807) is 17.0 Å². The molecule has 1 aliphatic rings. The largest absolute Gasteiger partial charge is 0.443 e. The SMILES string of the molecule is O=C(NC1CCN(c2ccc3nncn3n2)C1)OCc1ccccn1. The minimum atomic E-state index is -0.431. The van der Waals surface area contributed by atoms with Crippen molar-refractivity contribution in [1.29, 1.82) is 0 Å². The number of anilines is 1. The van der Waals surface area contributed by atoms with Crippen LogP contribution in [0, 0.1) is 0 Å². The van der Waals surface area contributed by atoms with Crippen LogP contribution < -0.4 is 10.2 Å². The first kappa shape index (κ1) is 15.3. The Morgan fingerprint density at radius 3 is 3.16 bits per heavy atom. The van der Waals surface area contributed by atoms with E-state index >= 15 is 0 Å². The number of nitrogens with one attached hydrogen (secondary N) is 1. The molecule has 1 amide bonds. The topological polar surface area (TPSA) is 97.5 Å². The lowest BCUT2D eigenvalue weighted by Gasteiger charge is -2.17. The number of rotatable bonds is 4. The summed E-state index contributed by atoms with van der Waals surface area (Å²) in [5.41, 5.74) is 1.42. The van der Waals surface area contributed by atoms with Crippen molar-refractivity contribution in [3.63, 3.8) is 0 Å². The fraction of sp³-hybridized carbons (Fsp3) is 0.312. The van der Waals surface area contributed by atoms with E-state index in [1.807, 2.05) is 30.3 Å². The summed E-state index contributed by atoms with van der Waals surface area (Å²) in [6.07, 6.45) is 3.64. The summed E-state index contributed by atoms with van der Waals surface area (Å²) in [4.78, 5) is 18.2. The molecule has 4 rings (SSSR count). The highest BCUT2D eigenvalue weighted by Gasteiger charge is 2.25. The molecule has 3 aromatic heterocycles. The van der Waals surface area contributed by atoms with Crippen molar-refractivity contribution in [2.24, 2.45) is 0 Å². The van der Waals surface area contributed by atoms with Crippen LogP contribution in [0.4, 0.5) is 10.6 Å². The van der Waals surface area contributed by atoms with E-state index in [0.717, 1.165) is 24.5 Å². The van der Waals surface area contributed by atoms with Gasteiger partial charge in [-0.25, -0.2) is 4.79 Å². The van der Waals surface area contributed by atoms with Crippen LogP contribution in [-0.4, -0.2) is 50.0 Å². The van der Waals surface area contributed by atoms with Gasteiger partial charge < -0.3 is 15.0 Å². The van der Waals surface area contributed by atoms with Gasteiger partial charge in [0.1, 0.15) is 18.8 Å². The van der Waals surface area contributed by atoms with Crippen molar-refractivity contribution >= 4 is 17.6 Å². The van der Waals surface area contributed by atoms with Crippen molar-refractivity contribution in [3.05, 3.63) is 48.5 Å². The van der Waals surface area contributed by atoms with E-state index in [9.17, 15) is 4.79 Å². The fourth-order valence-electron chi connectivity index (χ4n) is 2.80. The molecule has 0 saturated carbocycles. The zero-order valence-electron chi connectivity index (χ0n) is 13.4. The minimum Gasteiger partial charge on any atom is -0.443 e. The number of hydrogen-bond donors (Lipinski definition) is 1. The number of alkyl carbamates (subject to hydrolysis) is 1. The van der Waals surface area contributed by atoms with E-state index in [2.05, 4.69) is 30.5 Å². The third-order valence-corrected chi connectivity index (χ3v) is 4.06. The average molecular weight is 339 g/mol. The number of hydrogen-bond acceptors (Lipinski definition) is 7. The van der Waals surface area contributed by atoms with Gasteiger partial charge in [-0.2, -0.15) is 4.52 Å². The van der Waals surface area contributed by atoms with Crippen LogP contribution >= 0.6 is 0 Å². The number of carbonyl (C=O) groups is 1. The predicted octanol–water partition coefficient (Wildman–Crippen LogP) is 1.02. The Bertz CT molecular complexity index is 867. The summed E-state index contributed by atoms with van der Waals surface area (Å²) in [5, 5.41) is 15.1. The lowest BCUT2D eigenvalue weighted by molar-refractivity contribution is 0.135. The minimum absolute atomic E-state index is 0.0228. The number of ether oxygens (including phenoxy) is 1. The second kappa shape index (κ2) is 6.71. The standard InChI is InChI=1S/C16H17N7O2/c24-16(25-10-13-3-1-2-7-17-13)19-12-6-8-22(9-12)15-5-4-14-20-18-11-23(14)21-15/h1-5,7,11-12H,6,8-10H2,(H,19,24). The number of pyridine rings is 1. The van der Waals surface area contributed by atoms with Gasteiger partial charge >= 0.3 is 6.09 Å². The van der Waals surface area contributed by atoms with Gasteiger partial charge in [0.15, 0.2) is 5.65 Å².